The maximum Gasteiger partial charge on any atom is 0.0564 e. The summed E-state index contributed by atoms with van der Waals surface area (Å²) in [7, 11) is 0. The van der Waals surface area contributed by atoms with E-state index in [0.717, 1.165) is 44.3 Å². The van der Waals surface area contributed by atoms with Gasteiger partial charge >= 0.3 is 0 Å². The number of piperidine rings is 1. The second-order valence-corrected chi connectivity index (χ2v) is 6.31. The van der Waals surface area contributed by atoms with Crippen molar-refractivity contribution in [1.29, 1.82) is 0 Å². The van der Waals surface area contributed by atoms with Crippen LogP contribution < -0.4 is 0 Å². The van der Waals surface area contributed by atoms with Crippen LogP contribution in [0.15, 0.2) is 0 Å². The minimum Gasteiger partial charge on any atom is -0.393 e. The van der Waals surface area contributed by atoms with E-state index in [2.05, 4.69) is 25.7 Å². The van der Waals surface area contributed by atoms with E-state index in [1.165, 1.54) is 32.1 Å². The smallest absolute Gasteiger partial charge is 0.0564 e. The summed E-state index contributed by atoms with van der Waals surface area (Å²) in [6.07, 6.45) is 9.37. The molecule has 0 aromatic carbocycles. The molecular formula is C18H39NO. The zero-order valence-corrected chi connectivity index (χ0v) is 14.7. The number of nitrogens with zero attached hydrogens (tertiary/aromatic N) is 1. The molecule has 1 saturated heterocycles. The van der Waals surface area contributed by atoms with E-state index in [1.54, 1.807) is 0 Å². The molecule has 0 spiro atoms. The maximum absolute atomic E-state index is 9.10. The third kappa shape index (κ3) is 8.97. The molecule has 1 N–H and O–H groups in total. The molecule has 0 radical (unpaired) electrons. The minimum atomic E-state index is -0.0206. The van der Waals surface area contributed by atoms with Crippen molar-refractivity contribution in [2.45, 2.75) is 85.7 Å². The summed E-state index contributed by atoms with van der Waals surface area (Å²) in [5.74, 6) is 1.99. The van der Waals surface area contributed by atoms with Crippen LogP contribution in [0, 0.1) is 11.8 Å². The Labute approximate surface area is 127 Å². The maximum atomic E-state index is 9.10. The SMILES string of the molecule is CC.CC(C)C1CCCCC1.CCN1CCC(O)CC1. The lowest BCUT2D eigenvalue weighted by Crippen LogP contribution is -2.35. The van der Waals surface area contributed by atoms with Gasteiger partial charge in [0.2, 0.25) is 0 Å². The Kier molecular flexibility index (Phi) is 12.6. The number of aliphatic hydroxyl groups is 1. The van der Waals surface area contributed by atoms with Gasteiger partial charge in [-0.3, -0.25) is 0 Å². The number of aliphatic hydroxyl groups excluding tert-OH is 1. The van der Waals surface area contributed by atoms with E-state index in [-0.39, 0.29) is 6.10 Å². The van der Waals surface area contributed by atoms with E-state index >= 15 is 0 Å². The van der Waals surface area contributed by atoms with E-state index in [9.17, 15) is 0 Å². The summed E-state index contributed by atoms with van der Waals surface area (Å²) in [5.41, 5.74) is 0. The van der Waals surface area contributed by atoms with E-state index in [0.29, 0.717) is 0 Å². The van der Waals surface area contributed by atoms with Gasteiger partial charge in [-0.25, -0.2) is 0 Å². The Morgan fingerprint density at radius 2 is 1.45 bits per heavy atom. The van der Waals surface area contributed by atoms with Gasteiger partial charge in [-0.1, -0.05) is 66.7 Å². The zero-order chi connectivity index (χ0) is 15.4. The molecule has 2 aliphatic rings. The quantitative estimate of drug-likeness (QED) is 0.794. The van der Waals surface area contributed by atoms with Crippen LogP contribution in [0.4, 0.5) is 0 Å². The molecule has 20 heavy (non-hydrogen) atoms. The zero-order valence-electron chi connectivity index (χ0n) is 14.7. The van der Waals surface area contributed by atoms with Gasteiger partial charge in [0.1, 0.15) is 0 Å². The fourth-order valence-corrected chi connectivity index (χ4v) is 3.04. The van der Waals surface area contributed by atoms with Gasteiger partial charge in [0.05, 0.1) is 6.10 Å². The Bertz CT molecular complexity index is 192. The van der Waals surface area contributed by atoms with Gasteiger partial charge < -0.3 is 10.0 Å². The van der Waals surface area contributed by atoms with Gasteiger partial charge in [0.25, 0.3) is 0 Å². The summed E-state index contributed by atoms with van der Waals surface area (Å²) in [4.78, 5) is 2.37. The fourth-order valence-electron chi connectivity index (χ4n) is 3.04. The molecule has 0 amide bonds. The van der Waals surface area contributed by atoms with Gasteiger partial charge in [-0.15, -0.1) is 0 Å². The van der Waals surface area contributed by atoms with Crippen LogP contribution in [0.1, 0.15) is 79.6 Å². The van der Waals surface area contributed by atoms with Crippen molar-refractivity contribution in [3.63, 3.8) is 0 Å². The van der Waals surface area contributed by atoms with Crippen LogP contribution in [-0.2, 0) is 0 Å². The fraction of sp³-hybridized carbons (Fsp3) is 1.00. The van der Waals surface area contributed by atoms with Crippen molar-refractivity contribution in [2.24, 2.45) is 11.8 Å². The molecule has 2 rings (SSSR count). The van der Waals surface area contributed by atoms with Gasteiger partial charge in [-0.05, 0) is 31.2 Å². The summed E-state index contributed by atoms with van der Waals surface area (Å²) < 4.78 is 0. The lowest BCUT2D eigenvalue weighted by atomic mass is 9.82. The van der Waals surface area contributed by atoms with Gasteiger partial charge in [0, 0.05) is 13.1 Å². The Balaban J connectivity index is 0.000000321. The summed E-state index contributed by atoms with van der Waals surface area (Å²) in [6.45, 7) is 14.2. The summed E-state index contributed by atoms with van der Waals surface area (Å²) >= 11 is 0. The van der Waals surface area contributed by atoms with Crippen molar-refractivity contribution in [3.05, 3.63) is 0 Å². The lowest BCUT2D eigenvalue weighted by molar-refractivity contribution is 0.0852. The molecular weight excluding hydrogens is 246 g/mol. The first-order chi connectivity index (χ1) is 9.63. The van der Waals surface area contributed by atoms with Crippen molar-refractivity contribution in [3.8, 4) is 0 Å². The number of hydrogen-bond acceptors (Lipinski definition) is 2. The molecule has 1 aliphatic heterocycles. The van der Waals surface area contributed by atoms with E-state index in [4.69, 9.17) is 5.11 Å². The standard InChI is InChI=1S/C9H18.C7H15NO.C2H6/c1-8(2)9-6-4-3-5-7-9;1-2-8-5-3-7(9)4-6-8;1-2/h8-9H,3-7H2,1-2H3;7,9H,2-6H2,1H3;1-2H3. The van der Waals surface area contributed by atoms with Gasteiger partial charge in [-0.2, -0.15) is 0 Å². The molecule has 0 unspecified atom stereocenters. The molecule has 1 aliphatic carbocycles. The molecule has 1 saturated carbocycles. The average Bonchev–Trinajstić information content (AvgIpc) is 2.51. The Hall–Kier alpha value is -0.0800. The monoisotopic (exact) mass is 285 g/mol. The Morgan fingerprint density at radius 1 is 0.950 bits per heavy atom. The molecule has 0 atom stereocenters. The van der Waals surface area contributed by atoms with Crippen molar-refractivity contribution >= 4 is 0 Å². The molecule has 1 heterocycles. The highest BCUT2D eigenvalue weighted by Gasteiger charge is 2.15. The third-order valence-electron chi connectivity index (χ3n) is 4.60. The molecule has 2 fully saturated rings. The first-order valence-corrected chi connectivity index (χ1v) is 9.04. The van der Waals surface area contributed by atoms with E-state index < -0.39 is 0 Å². The van der Waals surface area contributed by atoms with E-state index in [1.807, 2.05) is 13.8 Å². The van der Waals surface area contributed by atoms with Crippen molar-refractivity contribution in [1.82, 2.24) is 4.90 Å². The first-order valence-electron chi connectivity index (χ1n) is 9.04. The van der Waals surface area contributed by atoms with Crippen LogP contribution in [0.5, 0.6) is 0 Å². The highest BCUT2D eigenvalue weighted by atomic mass is 16.3. The summed E-state index contributed by atoms with van der Waals surface area (Å²) in [6, 6.07) is 0. The molecule has 122 valence electrons. The van der Waals surface area contributed by atoms with Gasteiger partial charge in [0.15, 0.2) is 0 Å². The lowest BCUT2D eigenvalue weighted by Gasteiger charge is -2.27. The second-order valence-electron chi connectivity index (χ2n) is 6.31. The molecule has 0 bridgehead atoms. The molecule has 0 aromatic heterocycles. The molecule has 2 heteroatoms. The number of hydrogen-bond donors (Lipinski definition) is 1. The van der Waals surface area contributed by atoms with Crippen molar-refractivity contribution in [2.75, 3.05) is 19.6 Å². The minimum absolute atomic E-state index is 0.0206. The number of rotatable bonds is 2. The predicted molar refractivity (Wildman–Crippen MR) is 90.1 cm³/mol. The highest BCUT2D eigenvalue weighted by Crippen LogP contribution is 2.29. The summed E-state index contributed by atoms with van der Waals surface area (Å²) in [5, 5.41) is 9.10. The predicted octanol–water partition coefficient (Wildman–Crippen LogP) is 4.71. The first kappa shape index (κ1) is 19.9. The highest BCUT2D eigenvalue weighted by molar-refractivity contribution is 4.69. The average molecular weight is 286 g/mol. The topological polar surface area (TPSA) is 23.5 Å². The van der Waals surface area contributed by atoms with Crippen molar-refractivity contribution < 1.29 is 5.11 Å². The van der Waals surface area contributed by atoms with Crippen LogP contribution >= 0.6 is 0 Å². The van der Waals surface area contributed by atoms with Crippen LogP contribution in [-0.4, -0.2) is 35.7 Å². The molecule has 0 aromatic rings. The molecule has 2 nitrogen and oxygen atoms in total. The Morgan fingerprint density at radius 3 is 1.80 bits per heavy atom. The van der Waals surface area contributed by atoms with Crippen LogP contribution in [0.2, 0.25) is 0 Å². The number of likely N-dealkylation sites (tertiary alicyclic amines) is 1. The van der Waals surface area contributed by atoms with Crippen LogP contribution in [0.25, 0.3) is 0 Å². The third-order valence-corrected chi connectivity index (χ3v) is 4.60. The normalized spacial score (nSPS) is 21.8. The van der Waals surface area contributed by atoms with Crippen LogP contribution in [0.3, 0.4) is 0 Å². The largest absolute Gasteiger partial charge is 0.393 e. The second kappa shape index (κ2) is 12.6.